The van der Waals surface area contributed by atoms with E-state index in [4.69, 9.17) is 29.9 Å². The molecule has 618 valence electrons. The summed E-state index contributed by atoms with van der Waals surface area (Å²) in [6.45, 7) is 0. The fourth-order valence-corrected chi connectivity index (χ4v) is 22.5. The highest BCUT2D eigenvalue weighted by atomic mass is 32.1. The van der Waals surface area contributed by atoms with E-state index in [9.17, 15) is 0 Å². The Hall–Kier alpha value is -16.7. The quantitative estimate of drug-likeness (QED) is 0.121. The molecule has 0 aliphatic heterocycles. The molecule has 0 atom stereocenters. The number of nitrogens with zero attached hydrogens (tertiary/aromatic N) is 9. The molecule has 0 saturated heterocycles. The Morgan fingerprint density at radius 1 is 0.152 bits per heavy atom. The van der Waals surface area contributed by atoms with Crippen molar-refractivity contribution in [3.8, 4) is 119 Å². The molecule has 0 radical (unpaired) electrons. The van der Waals surface area contributed by atoms with Crippen molar-refractivity contribution in [3.63, 3.8) is 0 Å². The van der Waals surface area contributed by atoms with Crippen molar-refractivity contribution in [1.82, 2.24) is 43.6 Å². The predicted molar refractivity (Wildman–Crippen MR) is 557 cm³/mol. The van der Waals surface area contributed by atoms with E-state index in [1.807, 2.05) is 143 Å². The number of rotatable bonds is 12. The number of para-hydroxylation sites is 3. The van der Waals surface area contributed by atoms with Crippen LogP contribution in [0.2, 0.25) is 0 Å². The SMILES string of the molecule is c1ccc(-c2cc(-c3ccc(-n4c5ccccc5c5c6sc7ccccc7c6ccc54)cc3)nc(-c3ccccc3)n2)cc1.c1ccc(-c2cc(-c3ccc(-n4c5ccccc5c5cc6c(cc54)sc4ccccc46)cc3)nc(-c3ccccc3)n2)cc1.c1ccc(-c2cc(-c3ccc(-n4c5ccccc5c5cc6sc7ccccc7c6cc54)cc3)nc(-c3ccccc3)n2)cc1. The van der Waals surface area contributed by atoms with Crippen LogP contribution in [0.3, 0.4) is 0 Å². The normalized spacial score (nSPS) is 11.6. The van der Waals surface area contributed by atoms with Crippen molar-refractivity contribution in [2.45, 2.75) is 0 Å². The molecule has 0 spiro atoms. The minimum atomic E-state index is 0.723. The predicted octanol–water partition coefficient (Wildman–Crippen LogP) is 32.8. The first kappa shape index (κ1) is 77.6. The van der Waals surface area contributed by atoms with E-state index in [-0.39, 0.29) is 0 Å². The van der Waals surface area contributed by atoms with Crippen LogP contribution in [0.15, 0.2) is 455 Å². The molecule has 18 aromatic carbocycles. The molecule has 27 rings (SSSR count). The highest BCUT2D eigenvalue weighted by Gasteiger charge is 2.23. The molecule has 0 saturated carbocycles. The van der Waals surface area contributed by atoms with Crippen molar-refractivity contribution in [3.05, 3.63) is 455 Å². The van der Waals surface area contributed by atoms with Crippen LogP contribution in [-0.2, 0) is 0 Å². The van der Waals surface area contributed by atoms with Crippen LogP contribution < -0.4 is 0 Å². The summed E-state index contributed by atoms with van der Waals surface area (Å²) in [5, 5.41) is 15.6. The largest absolute Gasteiger partial charge is 0.309 e. The van der Waals surface area contributed by atoms with Crippen molar-refractivity contribution >= 4 is 160 Å². The van der Waals surface area contributed by atoms with Gasteiger partial charge in [-0.1, -0.05) is 334 Å². The van der Waals surface area contributed by atoms with E-state index in [0.29, 0.717) is 0 Å². The third-order valence-electron chi connectivity index (χ3n) is 25.3. The summed E-state index contributed by atoms with van der Waals surface area (Å²) in [5.41, 5.74) is 25.5. The van der Waals surface area contributed by atoms with E-state index >= 15 is 0 Å². The first-order valence-electron chi connectivity index (χ1n) is 44.3. The van der Waals surface area contributed by atoms with Crippen LogP contribution in [0.1, 0.15) is 0 Å². The number of benzene rings is 18. The lowest BCUT2D eigenvalue weighted by Crippen LogP contribution is -1.97. The number of hydrogen-bond donors (Lipinski definition) is 0. The van der Waals surface area contributed by atoms with Crippen LogP contribution in [0, 0.1) is 0 Å². The summed E-state index contributed by atoms with van der Waals surface area (Å²) in [4.78, 5) is 30.0. The van der Waals surface area contributed by atoms with Gasteiger partial charge in [-0.25, -0.2) is 29.9 Å². The van der Waals surface area contributed by atoms with E-state index in [0.717, 1.165) is 119 Å². The second kappa shape index (κ2) is 32.8. The lowest BCUT2D eigenvalue weighted by atomic mass is 10.1. The average Bonchev–Trinajstić information content (AvgIpc) is 1.55. The van der Waals surface area contributed by atoms with Gasteiger partial charge in [0.25, 0.3) is 0 Å². The van der Waals surface area contributed by atoms with Crippen LogP contribution in [-0.4, -0.2) is 43.6 Å². The van der Waals surface area contributed by atoms with Gasteiger partial charge in [0.15, 0.2) is 17.5 Å². The first-order chi connectivity index (χ1) is 65.4. The molecule has 9 nitrogen and oxygen atoms in total. The van der Waals surface area contributed by atoms with Crippen LogP contribution in [0.25, 0.3) is 245 Å². The highest BCUT2D eigenvalue weighted by molar-refractivity contribution is 7.27. The van der Waals surface area contributed by atoms with Crippen molar-refractivity contribution in [2.75, 3.05) is 0 Å². The fraction of sp³-hybridized carbons (Fsp3) is 0. The van der Waals surface area contributed by atoms with Gasteiger partial charge in [0.1, 0.15) is 0 Å². The molecule has 0 aliphatic carbocycles. The molecular weight excluding hydrogens is 1660 g/mol. The molecule has 0 amide bonds. The lowest BCUT2D eigenvalue weighted by molar-refractivity contribution is 1.17. The molecular formula is C120H75N9S3. The molecule has 132 heavy (non-hydrogen) atoms. The molecule has 0 N–H and O–H groups in total. The van der Waals surface area contributed by atoms with Crippen LogP contribution in [0.4, 0.5) is 0 Å². The van der Waals surface area contributed by atoms with Crippen molar-refractivity contribution in [1.29, 1.82) is 0 Å². The summed E-state index contributed by atoms with van der Waals surface area (Å²) >= 11 is 5.61. The maximum atomic E-state index is 5.03. The summed E-state index contributed by atoms with van der Waals surface area (Å²) in [5.74, 6) is 2.17. The molecule has 0 unspecified atom stereocenters. The second-order valence-corrected chi connectivity index (χ2v) is 36.4. The molecule has 27 aromatic rings. The monoisotopic (exact) mass is 1740 g/mol. The van der Waals surface area contributed by atoms with Gasteiger partial charge in [-0.3, -0.25) is 0 Å². The Labute approximate surface area is 771 Å². The van der Waals surface area contributed by atoms with Gasteiger partial charge >= 0.3 is 0 Å². The molecule has 9 aromatic heterocycles. The molecule has 0 aliphatic rings. The van der Waals surface area contributed by atoms with Gasteiger partial charge in [0.2, 0.25) is 0 Å². The van der Waals surface area contributed by atoms with Gasteiger partial charge in [0.05, 0.1) is 67.3 Å². The minimum absolute atomic E-state index is 0.723. The smallest absolute Gasteiger partial charge is 0.160 e. The number of thiophene rings is 3. The average molecular weight is 1740 g/mol. The van der Waals surface area contributed by atoms with Crippen molar-refractivity contribution in [2.24, 2.45) is 0 Å². The number of aromatic nitrogens is 9. The maximum absolute atomic E-state index is 5.03. The van der Waals surface area contributed by atoms with Gasteiger partial charge < -0.3 is 13.7 Å². The number of fused-ring (bicyclic) bond motifs is 19. The summed E-state index contributed by atoms with van der Waals surface area (Å²) in [7, 11) is 0. The maximum Gasteiger partial charge on any atom is 0.160 e. The lowest BCUT2D eigenvalue weighted by Gasteiger charge is -2.11. The van der Waals surface area contributed by atoms with E-state index in [1.54, 1.807) is 0 Å². The van der Waals surface area contributed by atoms with E-state index < -0.39 is 0 Å². The summed E-state index contributed by atoms with van der Waals surface area (Å²) in [6.07, 6.45) is 0. The molecule has 12 heteroatoms. The minimum Gasteiger partial charge on any atom is -0.309 e. The highest BCUT2D eigenvalue weighted by Crippen LogP contribution is 2.47. The van der Waals surface area contributed by atoms with Gasteiger partial charge in [-0.2, -0.15) is 0 Å². The van der Waals surface area contributed by atoms with Gasteiger partial charge in [-0.15, -0.1) is 34.0 Å². The van der Waals surface area contributed by atoms with E-state index in [2.05, 4.69) is 359 Å². The zero-order chi connectivity index (χ0) is 87.1. The van der Waals surface area contributed by atoms with Gasteiger partial charge in [-0.05, 0) is 121 Å². The molecule has 9 heterocycles. The third kappa shape index (κ3) is 13.9. The Bertz CT molecular complexity index is 8740. The first-order valence-corrected chi connectivity index (χ1v) is 46.7. The van der Waals surface area contributed by atoms with E-state index in [1.165, 1.54) is 126 Å². The third-order valence-corrected chi connectivity index (χ3v) is 28.7. The molecule has 0 fully saturated rings. The van der Waals surface area contributed by atoms with Crippen LogP contribution >= 0.6 is 34.0 Å². The zero-order valence-electron chi connectivity index (χ0n) is 71.1. The summed E-state index contributed by atoms with van der Waals surface area (Å²) in [6, 6.07) is 161. The van der Waals surface area contributed by atoms with Crippen molar-refractivity contribution < 1.29 is 0 Å². The fourth-order valence-electron chi connectivity index (χ4n) is 19.0. The Morgan fingerprint density at radius 3 is 0.826 bits per heavy atom. The van der Waals surface area contributed by atoms with Gasteiger partial charge in [0, 0.05) is 160 Å². The second-order valence-electron chi connectivity index (χ2n) is 33.1. The Morgan fingerprint density at radius 2 is 0.432 bits per heavy atom. The number of hydrogen-bond acceptors (Lipinski definition) is 9. The Kier molecular flexibility index (Phi) is 19.3. The Balaban J connectivity index is 0.000000106. The van der Waals surface area contributed by atoms with Crippen LogP contribution in [0.5, 0.6) is 0 Å². The zero-order valence-corrected chi connectivity index (χ0v) is 73.5. The topological polar surface area (TPSA) is 92.1 Å². The standard InChI is InChI=1S/3C40H25N3S/c1-3-11-26(12-4-1)33-25-34(42-40(41-33)28-13-5-2-6-14-28)27-19-21-29(22-20-27)43-35-17-9-7-16-32(35)38-36(43)24-23-31-30-15-8-10-18-37(30)44-39(31)38;1-3-11-26(12-4-1)34-25-35(42-40(41-34)28-13-5-2-6-14-28)27-19-21-29(22-20-27)43-36-17-9-7-15-30(36)32-24-39-33(23-37(32)43)31-16-8-10-18-38(31)44-39;1-3-11-26(12-4-1)34-24-35(42-40(41-34)28-13-5-2-6-14-28)27-19-21-29(22-20-27)43-36-17-9-7-15-30(36)32-23-33-31-16-8-10-18-38(31)44-39(33)25-37(32)43/h3*1-25H. The molecule has 0 bridgehead atoms. The summed E-state index contributed by atoms with van der Waals surface area (Å²) < 4.78 is 15.1.